The van der Waals surface area contributed by atoms with E-state index in [1.54, 1.807) is 20.8 Å². The number of methoxy groups -OCH3 is 2. The van der Waals surface area contributed by atoms with E-state index >= 15 is 0 Å². The van der Waals surface area contributed by atoms with Crippen LogP contribution in [0.3, 0.4) is 0 Å². The fraction of sp³-hybridized carbons (Fsp3) is 0.724. The largest absolute Gasteiger partial charge is 0.457 e. The second-order valence-corrected chi connectivity index (χ2v) is 10.9. The predicted octanol–water partition coefficient (Wildman–Crippen LogP) is 1.81. The predicted molar refractivity (Wildman–Crippen MR) is 142 cm³/mol. The van der Waals surface area contributed by atoms with E-state index in [9.17, 15) is 14.7 Å². The summed E-state index contributed by atoms with van der Waals surface area (Å²) in [6.07, 6.45) is -10.3. The molecular formula is C29H42O13. The molecule has 3 fully saturated rings. The van der Waals surface area contributed by atoms with E-state index in [0.29, 0.717) is 0 Å². The normalized spacial score (nSPS) is 41.9. The van der Waals surface area contributed by atoms with Crippen molar-refractivity contribution in [3.63, 3.8) is 0 Å². The average molecular weight is 599 g/mol. The maximum absolute atomic E-state index is 12.1. The Morgan fingerprint density at radius 2 is 1.36 bits per heavy atom. The summed E-state index contributed by atoms with van der Waals surface area (Å²) in [5, 5.41) is 11.1. The molecule has 0 amide bonds. The van der Waals surface area contributed by atoms with Gasteiger partial charge in [0.25, 0.3) is 0 Å². The van der Waals surface area contributed by atoms with Gasteiger partial charge >= 0.3 is 11.9 Å². The van der Waals surface area contributed by atoms with Gasteiger partial charge in [-0.3, -0.25) is 9.59 Å². The quantitative estimate of drug-likeness (QED) is 0.413. The van der Waals surface area contributed by atoms with Crippen molar-refractivity contribution in [2.24, 2.45) is 0 Å². The summed E-state index contributed by atoms with van der Waals surface area (Å²) in [7, 11) is 2.95. The maximum Gasteiger partial charge on any atom is 0.303 e. The molecular weight excluding hydrogens is 556 g/mol. The molecule has 12 atom stereocenters. The number of aliphatic hydroxyl groups is 1. The first-order chi connectivity index (χ1) is 19.8. The number of carbonyl (C=O) groups is 2. The number of carbonyl (C=O) groups excluding carboxylic acids is 2. The van der Waals surface area contributed by atoms with Crippen LogP contribution in [0.1, 0.15) is 47.1 Å². The number of esters is 2. The molecule has 42 heavy (non-hydrogen) atoms. The van der Waals surface area contributed by atoms with Crippen molar-refractivity contribution < 1.29 is 62.1 Å². The lowest BCUT2D eigenvalue weighted by Gasteiger charge is -2.57. The smallest absolute Gasteiger partial charge is 0.303 e. The molecule has 1 N–H and O–H groups in total. The molecule has 13 nitrogen and oxygen atoms in total. The Kier molecular flexibility index (Phi) is 10.3. The molecule has 13 heteroatoms. The van der Waals surface area contributed by atoms with E-state index in [-0.39, 0.29) is 6.61 Å². The third-order valence-electron chi connectivity index (χ3n) is 7.96. The maximum atomic E-state index is 12.1. The van der Waals surface area contributed by atoms with Gasteiger partial charge < -0.3 is 52.5 Å². The lowest BCUT2D eigenvalue weighted by atomic mass is 9.94. The summed E-state index contributed by atoms with van der Waals surface area (Å²) in [5.41, 5.74) is 0.893. The molecule has 0 unspecified atom stereocenters. The molecule has 0 spiro atoms. The molecule has 3 heterocycles. The second-order valence-electron chi connectivity index (χ2n) is 10.9. The van der Waals surface area contributed by atoms with Gasteiger partial charge in [0.2, 0.25) is 11.6 Å². The Morgan fingerprint density at radius 3 is 1.93 bits per heavy atom. The standard InChI is InChI=1S/C29H42O13/c1-15-21(38-17(3)30)20(32)23(39-18(4)31)27(37-15)40-25-24-22(41-28(5,33-7)29(6,34-8)42-24)16(2)36-26(25)35-14-19-12-10-9-11-13-19/h9-13,15-16,20-27,32H,14H2,1-8H3/t15-,16-,20+,21-,22-,23+,24+,25+,26+,27-,28+,29+/m0/s1. The van der Waals surface area contributed by atoms with Gasteiger partial charge in [0.05, 0.1) is 18.8 Å². The van der Waals surface area contributed by atoms with Gasteiger partial charge in [-0.1, -0.05) is 30.3 Å². The molecule has 3 aliphatic heterocycles. The van der Waals surface area contributed by atoms with Crippen LogP contribution in [-0.2, 0) is 63.6 Å². The van der Waals surface area contributed by atoms with Crippen LogP contribution in [0.4, 0.5) is 0 Å². The van der Waals surface area contributed by atoms with Crippen LogP contribution >= 0.6 is 0 Å². The van der Waals surface area contributed by atoms with Gasteiger partial charge in [-0.15, -0.1) is 0 Å². The summed E-state index contributed by atoms with van der Waals surface area (Å²) >= 11 is 0. The van der Waals surface area contributed by atoms with E-state index in [4.69, 9.17) is 47.4 Å². The Morgan fingerprint density at radius 1 is 0.810 bits per heavy atom. The molecule has 0 radical (unpaired) electrons. The Labute approximate surface area is 245 Å². The number of ether oxygens (including phenoxy) is 10. The molecule has 3 saturated heterocycles. The van der Waals surface area contributed by atoms with Crippen LogP contribution in [0.2, 0.25) is 0 Å². The van der Waals surface area contributed by atoms with Gasteiger partial charge in [-0.05, 0) is 33.3 Å². The zero-order chi connectivity index (χ0) is 30.8. The van der Waals surface area contributed by atoms with Gasteiger partial charge in [0.1, 0.15) is 24.4 Å². The first-order valence-electron chi connectivity index (χ1n) is 13.9. The number of hydrogen-bond donors (Lipinski definition) is 1. The SMILES string of the molecule is CO[C@]1(C)O[C@@H]2[C@@H](O[C@@]1(C)OC)[C@H](C)O[C@@H](OCc1ccccc1)[C@@H]2O[C@@H]1O[C@@H](C)[C@H](OC(C)=O)[C@@H](O)[C@H]1OC(C)=O. The highest BCUT2D eigenvalue weighted by Gasteiger charge is 2.63. The van der Waals surface area contributed by atoms with Crippen LogP contribution in [0, 0.1) is 0 Å². The minimum absolute atomic E-state index is 0.181. The molecule has 0 bridgehead atoms. The summed E-state index contributed by atoms with van der Waals surface area (Å²) in [6, 6.07) is 9.50. The third kappa shape index (κ3) is 6.64. The van der Waals surface area contributed by atoms with Crippen molar-refractivity contribution in [3.05, 3.63) is 35.9 Å². The van der Waals surface area contributed by atoms with E-state index in [1.807, 2.05) is 37.3 Å². The third-order valence-corrected chi connectivity index (χ3v) is 7.96. The summed E-state index contributed by atoms with van der Waals surface area (Å²) in [4.78, 5) is 23.8. The molecule has 236 valence electrons. The van der Waals surface area contributed by atoms with Crippen LogP contribution in [0.5, 0.6) is 0 Å². The molecule has 3 aliphatic rings. The fourth-order valence-electron chi connectivity index (χ4n) is 5.43. The molecule has 0 saturated carbocycles. The van der Waals surface area contributed by atoms with Crippen LogP contribution < -0.4 is 0 Å². The van der Waals surface area contributed by atoms with Crippen molar-refractivity contribution in [1.82, 2.24) is 0 Å². The molecule has 1 aromatic rings. The highest BCUT2D eigenvalue weighted by atomic mass is 16.8. The van der Waals surface area contributed by atoms with Crippen LogP contribution in [-0.4, -0.2) is 104 Å². The Balaban J connectivity index is 1.68. The number of rotatable bonds is 9. The summed E-state index contributed by atoms with van der Waals surface area (Å²) in [6.45, 7) is 9.37. The first-order valence-corrected chi connectivity index (χ1v) is 13.9. The Hall–Kier alpha value is -2.20. The lowest BCUT2D eigenvalue weighted by Crippen LogP contribution is -2.73. The van der Waals surface area contributed by atoms with E-state index in [0.717, 1.165) is 5.56 Å². The van der Waals surface area contributed by atoms with E-state index in [1.165, 1.54) is 28.1 Å². The highest BCUT2D eigenvalue weighted by Crippen LogP contribution is 2.45. The summed E-state index contributed by atoms with van der Waals surface area (Å²) < 4.78 is 60.0. The van der Waals surface area contributed by atoms with Gasteiger partial charge in [0.15, 0.2) is 24.8 Å². The highest BCUT2D eigenvalue weighted by molar-refractivity contribution is 5.67. The van der Waals surface area contributed by atoms with Gasteiger partial charge in [0, 0.05) is 28.1 Å². The minimum Gasteiger partial charge on any atom is -0.457 e. The van der Waals surface area contributed by atoms with Crippen molar-refractivity contribution >= 4 is 11.9 Å². The number of fused-ring (bicyclic) bond motifs is 1. The summed E-state index contributed by atoms with van der Waals surface area (Å²) in [5.74, 6) is -4.03. The Bertz CT molecular complexity index is 1070. The minimum atomic E-state index is -1.46. The van der Waals surface area contributed by atoms with E-state index in [2.05, 4.69) is 0 Å². The number of hydrogen-bond acceptors (Lipinski definition) is 13. The molecule has 1 aromatic carbocycles. The molecule has 0 aromatic heterocycles. The molecule has 0 aliphatic carbocycles. The zero-order valence-electron chi connectivity index (χ0n) is 25.2. The zero-order valence-corrected chi connectivity index (χ0v) is 25.2. The van der Waals surface area contributed by atoms with Crippen molar-refractivity contribution in [3.8, 4) is 0 Å². The van der Waals surface area contributed by atoms with Crippen molar-refractivity contribution in [2.45, 2.75) is 121 Å². The van der Waals surface area contributed by atoms with Crippen molar-refractivity contribution in [2.75, 3.05) is 14.2 Å². The second kappa shape index (κ2) is 13.2. The number of aliphatic hydroxyl groups excluding tert-OH is 1. The molecule has 4 rings (SSSR count). The van der Waals surface area contributed by atoms with Gasteiger partial charge in [-0.2, -0.15) is 0 Å². The lowest BCUT2D eigenvalue weighted by molar-refractivity contribution is -0.485. The average Bonchev–Trinajstić information content (AvgIpc) is 2.95. The van der Waals surface area contributed by atoms with E-state index < -0.39 is 84.9 Å². The van der Waals surface area contributed by atoms with Gasteiger partial charge in [-0.25, -0.2) is 0 Å². The number of benzene rings is 1. The topological polar surface area (TPSA) is 147 Å². The van der Waals surface area contributed by atoms with Crippen LogP contribution in [0.25, 0.3) is 0 Å². The first kappa shape index (κ1) is 32.7. The van der Waals surface area contributed by atoms with Crippen molar-refractivity contribution in [1.29, 1.82) is 0 Å². The monoisotopic (exact) mass is 598 g/mol. The van der Waals surface area contributed by atoms with Crippen LogP contribution in [0.15, 0.2) is 30.3 Å². The fourth-order valence-corrected chi connectivity index (χ4v) is 5.43.